The molecule has 0 amide bonds. The Morgan fingerprint density at radius 3 is 2.02 bits per heavy atom. The van der Waals surface area contributed by atoms with Gasteiger partial charge in [-0.2, -0.15) is 9.97 Å². The van der Waals surface area contributed by atoms with Crippen molar-refractivity contribution in [3.63, 3.8) is 0 Å². The van der Waals surface area contributed by atoms with Crippen LogP contribution in [0.25, 0.3) is 11.0 Å². The third-order valence-corrected chi connectivity index (χ3v) is 6.90. The summed E-state index contributed by atoms with van der Waals surface area (Å²) in [6, 6.07) is 29.9. The molecule has 1 aliphatic heterocycles. The number of fused-ring (bicyclic) bond motifs is 1. The maximum absolute atomic E-state index is 12.5. The highest BCUT2D eigenvalue weighted by Gasteiger charge is 2.36. The molecule has 8 heteroatoms. The maximum atomic E-state index is 12.5. The number of nitrogens with zero attached hydrogens (tertiary/aromatic N) is 3. The fraction of sp³-hybridized carbons (Fsp3) is 0.219. The highest BCUT2D eigenvalue weighted by atomic mass is 16.5. The van der Waals surface area contributed by atoms with E-state index in [1.54, 1.807) is 0 Å². The summed E-state index contributed by atoms with van der Waals surface area (Å²) in [7, 11) is 0. The van der Waals surface area contributed by atoms with E-state index in [1.165, 1.54) is 0 Å². The van der Waals surface area contributed by atoms with Crippen LogP contribution in [0.15, 0.2) is 97.2 Å². The molecule has 1 N–H and O–H groups in total. The molecule has 3 heterocycles. The van der Waals surface area contributed by atoms with E-state index in [4.69, 9.17) is 24.2 Å². The summed E-state index contributed by atoms with van der Waals surface area (Å²) < 4.78 is 20.4. The first kappa shape index (κ1) is 25.7. The molecule has 3 aromatic carbocycles. The van der Waals surface area contributed by atoms with Crippen molar-refractivity contribution in [2.45, 2.75) is 38.4 Å². The Morgan fingerprint density at radius 1 is 0.825 bits per heavy atom. The standard InChI is InChI=1S/C32H29N3O5/c36-19-28-26(37)16-27(40-28)25-18-35(17-22-10-4-1-5-11-22)30-29(25)33-32(39-21-24-14-8-3-9-15-24)34-31(30)38-20-23-12-6-2-7-13-23/h1-15,18,27-28,36H,16-17,19-21H2/t27-,28-/m1/s1. The van der Waals surface area contributed by atoms with Gasteiger partial charge in [-0.15, -0.1) is 0 Å². The van der Waals surface area contributed by atoms with Gasteiger partial charge in [0.05, 0.1) is 12.7 Å². The smallest absolute Gasteiger partial charge is 0.320 e. The number of hydrogen-bond acceptors (Lipinski definition) is 7. The van der Waals surface area contributed by atoms with Crippen molar-refractivity contribution in [3.8, 4) is 11.9 Å². The molecule has 1 aliphatic rings. The van der Waals surface area contributed by atoms with Gasteiger partial charge in [-0.1, -0.05) is 91.0 Å². The molecule has 202 valence electrons. The van der Waals surface area contributed by atoms with Crippen LogP contribution in [0.5, 0.6) is 11.9 Å². The molecule has 2 atom stereocenters. The van der Waals surface area contributed by atoms with Gasteiger partial charge in [0.1, 0.15) is 30.4 Å². The van der Waals surface area contributed by atoms with Crippen LogP contribution in [0.4, 0.5) is 0 Å². The van der Waals surface area contributed by atoms with E-state index in [1.807, 2.05) is 102 Å². The van der Waals surface area contributed by atoms with Gasteiger partial charge < -0.3 is 23.9 Å². The van der Waals surface area contributed by atoms with Crippen LogP contribution >= 0.6 is 0 Å². The fourth-order valence-electron chi connectivity index (χ4n) is 4.89. The lowest BCUT2D eigenvalue weighted by Crippen LogP contribution is -2.19. The van der Waals surface area contributed by atoms with Crippen LogP contribution in [0.3, 0.4) is 0 Å². The molecule has 2 aromatic heterocycles. The second kappa shape index (κ2) is 11.7. The molecule has 1 saturated heterocycles. The SMILES string of the molecule is O=C1C[C@H](c2cn(Cc3ccccc3)c3c(OCc4ccccc4)nc(OCc4ccccc4)nc23)O[C@@H]1CO. The second-order valence-electron chi connectivity index (χ2n) is 9.72. The van der Waals surface area contributed by atoms with Crippen LogP contribution in [-0.2, 0) is 29.3 Å². The van der Waals surface area contributed by atoms with Crippen molar-refractivity contribution in [2.75, 3.05) is 6.61 Å². The Hall–Kier alpha value is -4.53. The molecule has 1 fully saturated rings. The molecule has 0 bridgehead atoms. The van der Waals surface area contributed by atoms with E-state index >= 15 is 0 Å². The highest BCUT2D eigenvalue weighted by molar-refractivity contribution is 5.89. The number of ether oxygens (including phenoxy) is 3. The van der Waals surface area contributed by atoms with Crippen LogP contribution in [0, 0.1) is 0 Å². The second-order valence-corrected chi connectivity index (χ2v) is 9.72. The Bertz CT molecular complexity index is 1590. The Balaban J connectivity index is 1.44. The lowest BCUT2D eigenvalue weighted by atomic mass is 10.1. The van der Waals surface area contributed by atoms with E-state index in [0.717, 1.165) is 22.3 Å². The minimum Gasteiger partial charge on any atom is -0.471 e. The number of Topliss-reactive ketones (excluding diaryl/α,β-unsaturated/α-hetero) is 1. The number of benzene rings is 3. The van der Waals surface area contributed by atoms with Gasteiger partial charge in [-0.3, -0.25) is 4.79 Å². The number of hydrogen-bond donors (Lipinski definition) is 1. The van der Waals surface area contributed by atoms with Crippen LogP contribution in [-0.4, -0.2) is 38.1 Å². The molecule has 0 aliphatic carbocycles. The number of carbonyl (C=O) groups is 1. The summed E-state index contributed by atoms with van der Waals surface area (Å²) in [5, 5.41) is 9.64. The molecule has 0 radical (unpaired) electrons. The van der Waals surface area contributed by atoms with Crippen molar-refractivity contribution in [2.24, 2.45) is 0 Å². The number of aliphatic hydroxyl groups is 1. The third-order valence-electron chi connectivity index (χ3n) is 6.90. The van der Waals surface area contributed by atoms with Crippen LogP contribution in [0.2, 0.25) is 0 Å². The molecular formula is C32H29N3O5. The van der Waals surface area contributed by atoms with E-state index in [2.05, 4.69) is 0 Å². The van der Waals surface area contributed by atoms with Gasteiger partial charge in [0.2, 0.25) is 5.88 Å². The lowest BCUT2D eigenvalue weighted by molar-refractivity contribution is -0.124. The molecule has 6 rings (SSSR count). The van der Waals surface area contributed by atoms with Crippen molar-refractivity contribution in [1.29, 1.82) is 0 Å². The zero-order valence-electron chi connectivity index (χ0n) is 21.8. The molecule has 8 nitrogen and oxygen atoms in total. The quantitative estimate of drug-likeness (QED) is 0.268. The molecule has 0 unspecified atom stereocenters. The minimum atomic E-state index is -0.845. The normalized spacial score (nSPS) is 16.9. The number of aromatic nitrogens is 3. The topological polar surface area (TPSA) is 95.7 Å². The van der Waals surface area contributed by atoms with Crippen molar-refractivity contribution < 1.29 is 24.1 Å². The van der Waals surface area contributed by atoms with Gasteiger partial charge in [-0.25, -0.2) is 0 Å². The lowest BCUT2D eigenvalue weighted by Gasteiger charge is -2.13. The Labute approximate surface area is 231 Å². The zero-order chi connectivity index (χ0) is 27.3. The summed E-state index contributed by atoms with van der Waals surface area (Å²) in [6.07, 6.45) is 0.700. The van der Waals surface area contributed by atoms with Gasteiger partial charge in [-0.05, 0) is 16.7 Å². The summed E-state index contributed by atoms with van der Waals surface area (Å²) in [5.74, 6) is 0.244. The first-order valence-electron chi connectivity index (χ1n) is 13.2. The van der Waals surface area contributed by atoms with Crippen molar-refractivity contribution in [1.82, 2.24) is 14.5 Å². The largest absolute Gasteiger partial charge is 0.471 e. The first-order valence-corrected chi connectivity index (χ1v) is 13.2. The Kier molecular flexibility index (Phi) is 7.52. The Morgan fingerprint density at radius 2 is 1.43 bits per heavy atom. The first-order chi connectivity index (χ1) is 19.7. The number of carbonyl (C=O) groups excluding carboxylic acids is 1. The van der Waals surface area contributed by atoms with Crippen molar-refractivity contribution in [3.05, 3.63) is 119 Å². The predicted molar refractivity (Wildman–Crippen MR) is 149 cm³/mol. The summed E-state index contributed by atoms with van der Waals surface area (Å²) >= 11 is 0. The fourth-order valence-corrected chi connectivity index (χ4v) is 4.89. The molecular weight excluding hydrogens is 506 g/mol. The van der Waals surface area contributed by atoms with Gasteiger partial charge >= 0.3 is 6.01 Å². The van der Waals surface area contributed by atoms with Gasteiger partial charge in [0.15, 0.2) is 5.78 Å². The van der Waals surface area contributed by atoms with Crippen LogP contribution in [0.1, 0.15) is 34.8 Å². The monoisotopic (exact) mass is 535 g/mol. The van der Waals surface area contributed by atoms with Gasteiger partial charge in [0, 0.05) is 24.7 Å². The summed E-state index contributed by atoms with van der Waals surface area (Å²) in [5.41, 5.74) is 5.07. The molecule has 40 heavy (non-hydrogen) atoms. The van der Waals surface area contributed by atoms with Crippen molar-refractivity contribution >= 4 is 16.8 Å². The maximum Gasteiger partial charge on any atom is 0.320 e. The number of rotatable bonds is 10. The van der Waals surface area contributed by atoms with E-state index in [9.17, 15) is 9.90 Å². The summed E-state index contributed by atoms with van der Waals surface area (Å²) in [6.45, 7) is 0.776. The van der Waals surface area contributed by atoms with E-state index in [0.29, 0.717) is 30.1 Å². The summed E-state index contributed by atoms with van der Waals surface area (Å²) in [4.78, 5) is 22.0. The predicted octanol–water partition coefficient (Wildman–Crippen LogP) is 5.03. The van der Waals surface area contributed by atoms with Crippen LogP contribution < -0.4 is 9.47 Å². The van der Waals surface area contributed by atoms with E-state index in [-0.39, 0.29) is 31.4 Å². The van der Waals surface area contributed by atoms with E-state index < -0.39 is 12.2 Å². The zero-order valence-corrected chi connectivity index (χ0v) is 21.8. The molecule has 0 spiro atoms. The average Bonchev–Trinajstić information content (AvgIpc) is 3.56. The molecule has 0 saturated carbocycles. The molecule has 5 aromatic rings. The minimum absolute atomic E-state index is 0.133. The third kappa shape index (κ3) is 5.59. The number of aliphatic hydroxyl groups excluding tert-OH is 1. The number of ketones is 1. The highest BCUT2D eigenvalue weighted by Crippen LogP contribution is 2.39. The average molecular weight is 536 g/mol. The van der Waals surface area contributed by atoms with Gasteiger partial charge in [0.25, 0.3) is 0 Å².